The van der Waals surface area contributed by atoms with Crippen LogP contribution in [0.15, 0.2) is 146 Å². The van der Waals surface area contributed by atoms with Crippen LogP contribution >= 0.6 is 46.4 Å². The predicted octanol–water partition coefficient (Wildman–Crippen LogP) is 16.4. The first-order valence-corrected chi connectivity index (χ1v) is 32.4. The first-order valence-electron chi connectivity index (χ1n) is 30.3. The number of hydrogen-bond donors (Lipinski definition) is 0. The minimum absolute atomic E-state index is 0.146. The molecule has 4 heterocycles. The van der Waals surface area contributed by atoms with Gasteiger partial charge in [0.05, 0.1) is 23.5 Å². The van der Waals surface area contributed by atoms with Gasteiger partial charge in [0.1, 0.15) is 26.4 Å². The monoisotopic (exact) mass is 1260 g/mol. The molecular formula is C72H68Cl4O12. The van der Waals surface area contributed by atoms with Gasteiger partial charge in [0, 0.05) is 68.2 Å². The Hall–Kier alpha value is -7.48. The van der Waals surface area contributed by atoms with Crippen LogP contribution in [0.25, 0.3) is 0 Å². The molecule has 0 radical (unpaired) electrons. The maximum Gasteiger partial charge on any atom is 0.231 e. The maximum atomic E-state index is 6.99. The molecule has 456 valence electrons. The largest absolute Gasteiger partial charge is 0.485 e. The van der Waals surface area contributed by atoms with E-state index in [2.05, 4.69) is 121 Å². The molecule has 8 aromatic rings. The first-order chi connectivity index (χ1) is 43.5. The van der Waals surface area contributed by atoms with Crippen molar-refractivity contribution in [3.63, 3.8) is 0 Å². The summed E-state index contributed by atoms with van der Waals surface area (Å²) in [6.45, 7) is -0.375. The zero-order valence-corrected chi connectivity index (χ0v) is 51.7. The van der Waals surface area contributed by atoms with Crippen LogP contribution in [-0.2, 0) is 25.7 Å². The zero-order chi connectivity index (χ0) is 59.8. The molecule has 0 aromatic heterocycles. The van der Waals surface area contributed by atoms with Crippen molar-refractivity contribution in [3.8, 4) is 69.0 Å². The van der Waals surface area contributed by atoms with E-state index in [0.717, 1.165) is 66.8 Å². The van der Waals surface area contributed by atoms with Gasteiger partial charge in [-0.2, -0.15) is 0 Å². The summed E-state index contributed by atoms with van der Waals surface area (Å²) in [5, 5.41) is 0. The molecule has 0 unspecified atom stereocenters. The van der Waals surface area contributed by atoms with Crippen LogP contribution in [0.3, 0.4) is 0 Å². The number of halogens is 4. The molecule has 0 spiro atoms. The highest BCUT2D eigenvalue weighted by molar-refractivity contribution is 6.18. The molecule has 0 atom stereocenters. The lowest BCUT2D eigenvalue weighted by atomic mass is 9.75. The molecule has 0 saturated heterocycles. The highest BCUT2D eigenvalue weighted by atomic mass is 35.5. The van der Waals surface area contributed by atoms with Crippen LogP contribution in [0.4, 0.5) is 0 Å². The molecule has 5 aliphatic rings. The summed E-state index contributed by atoms with van der Waals surface area (Å²) in [5.41, 5.74) is 11.5. The van der Waals surface area contributed by atoms with Gasteiger partial charge in [-0.1, -0.05) is 121 Å². The molecule has 4 aliphatic heterocycles. The van der Waals surface area contributed by atoms with Crippen molar-refractivity contribution in [2.75, 3.05) is 77.1 Å². The highest BCUT2D eigenvalue weighted by Crippen LogP contribution is 2.62. The molecule has 0 N–H and O–H groups in total. The number of hydrogen-bond acceptors (Lipinski definition) is 12. The molecule has 13 rings (SSSR count). The van der Waals surface area contributed by atoms with E-state index < -0.39 is 23.7 Å². The summed E-state index contributed by atoms with van der Waals surface area (Å²) in [6, 6.07) is 51.2. The van der Waals surface area contributed by atoms with E-state index >= 15 is 0 Å². The number of benzene rings is 8. The maximum absolute atomic E-state index is 6.99. The minimum Gasteiger partial charge on any atom is -0.485 e. The first kappa shape index (κ1) is 59.5. The summed E-state index contributed by atoms with van der Waals surface area (Å²) in [6.07, 6.45) is 5.07. The van der Waals surface area contributed by atoms with Gasteiger partial charge in [-0.15, -0.1) is 46.4 Å². The SMILES string of the molecule is ClCCOc1c2c3cc4c1OCOc1c(cc5c(c1OCCCl)OCOc1c(cc6c(c1OCCCl)OCOc1c(cc(c(c1OCCCl)OCO2)C3CCc1ccccc1)C6CCc1ccccc1)C5CCc1ccccc1)C4CCc1ccccc1. The molecule has 0 fully saturated rings. The fourth-order valence-corrected chi connectivity index (χ4v) is 13.6. The van der Waals surface area contributed by atoms with Crippen LogP contribution in [0.5, 0.6) is 69.0 Å². The Morgan fingerprint density at radius 1 is 0.273 bits per heavy atom. The van der Waals surface area contributed by atoms with Crippen LogP contribution in [0, 0.1) is 0 Å². The van der Waals surface area contributed by atoms with Crippen molar-refractivity contribution < 1.29 is 56.8 Å². The highest BCUT2D eigenvalue weighted by Gasteiger charge is 2.43. The van der Waals surface area contributed by atoms with Crippen LogP contribution in [0.2, 0.25) is 0 Å². The standard InChI is InChI=1S/C72H68Cl4O12/c73-29-33-77-69-61-53-37-55-50(26-22-46-15-7-2-8-16-46)57-39-59-52(28-24-48-19-11-4-12-20-48)60-40-58-51(27-23-47-17-9-3-10-18-47)56-38-54(49(53)25-21-45-13-5-1-6-14-45)62(82-41-81-61)70(78-34-30-74)64(56)84-43-86-66(58)72(80-36-32-76)68(60)88-44-87-67(59)71(79-35-31-75)65(57)85-42-83-63(55)69/h1-20,37-40,49-52H,21-36,41-44H2. The Labute approximate surface area is 533 Å². The summed E-state index contributed by atoms with van der Waals surface area (Å²) < 4.78 is 83.6. The van der Waals surface area contributed by atoms with Crippen molar-refractivity contribution >= 4 is 46.4 Å². The Balaban J connectivity index is 1.19. The number of rotatable bonds is 24. The van der Waals surface area contributed by atoms with Crippen molar-refractivity contribution in [1.29, 1.82) is 0 Å². The zero-order valence-electron chi connectivity index (χ0n) is 48.7. The number of ether oxygens (including phenoxy) is 12. The molecule has 16 heteroatoms. The Bertz CT molecular complexity index is 3100. The fraction of sp³-hybridized carbons (Fsp3) is 0.333. The van der Waals surface area contributed by atoms with Gasteiger partial charge in [-0.05, 0) is 97.9 Å². The quantitative estimate of drug-likeness (QED) is 0.0537. The number of aryl methyl sites for hydroxylation is 4. The molecule has 88 heavy (non-hydrogen) atoms. The molecule has 12 nitrogen and oxygen atoms in total. The minimum atomic E-state index is -0.451. The van der Waals surface area contributed by atoms with Crippen molar-refractivity contribution in [1.82, 2.24) is 0 Å². The lowest BCUT2D eigenvalue weighted by Crippen LogP contribution is -2.25. The average molecular weight is 1270 g/mol. The molecule has 8 bridgehead atoms. The molecule has 1 aliphatic carbocycles. The lowest BCUT2D eigenvalue weighted by Gasteiger charge is -2.37. The normalized spacial score (nSPS) is 17.2. The molecule has 8 aromatic carbocycles. The third-order valence-electron chi connectivity index (χ3n) is 17.2. The summed E-state index contributed by atoms with van der Waals surface area (Å²) in [7, 11) is 0. The number of alkyl halides is 4. The molecular weight excluding hydrogens is 1200 g/mol. The Morgan fingerprint density at radius 2 is 0.455 bits per heavy atom. The second-order valence-electron chi connectivity index (χ2n) is 22.3. The van der Waals surface area contributed by atoms with Gasteiger partial charge in [-0.25, -0.2) is 0 Å². The summed E-state index contributed by atoms with van der Waals surface area (Å²) >= 11 is 26.5. The van der Waals surface area contributed by atoms with Crippen LogP contribution in [0.1, 0.15) is 116 Å². The fourth-order valence-electron chi connectivity index (χ4n) is 13.3. The Kier molecular flexibility index (Phi) is 18.9. The van der Waals surface area contributed by atoms with E-state index in [1.54, 1.807) is 0 Å². The van der Waals surface area contributed by atoms with Crippen molar-refractivity contribution in [2.45, 2.75) is 75.0 Å². The van der Waals surface area contributed by atoms with E-state index in [4.69, 9.17) is 103 Å². The van der Waals surface area contributed by atoms with Crippen LogP contribution < -0.4 is 56.8 Å². The van der Waals surface area contributed by atoms with Crippen molar-refractivity contribution in [3.05, 3.63) is 212 Å². The topological polar surface area (TPSA) is 111 Å². The lowest BCUT2D eigenvalue weighted by molar-refractivity contribution is 0.0833. The van der Waals surface area contributed by atoms with Gasteiger partial charge in [0.25, 0.3) is 0 Å². The second-order valence-corrected chi connectivity index (χ2v) is 23.8. The summed E-state index contributed by atoms with van der Waals surface area (Å²) in [5.74, 6) is 4.32. The molecule has 0 amide bonds. The van der Waals surface area contributed by atoms with E-state index in [0.29, 0.717) is 120 Å². The third-order valence-corrected chi connectivity index (χ3v) is 17.8. The van der Waals surface area contributed by atoms with E-state index in [1.165, 1.54) is 0 Å². The summed E-state index contributed by atoms with van der Waals surface area (Å²) in [4.78, 5) is 0. The molecule has 0 saturated carbocycles. The van der Waals surface area contributed by atoms with Gasteiger partial charge in [-0.3, -0.25) is 0 Å². The van der Waals surface area contributed by atoms with Crippen molar-refractivity contribution in [2.24, 2.45) is 0 Å². The Morgan fingerprint density at radius 3 is 0.625 bits per heavy atom. The average Bonchev–Trinajstić information content (AvgIpc) is 0.878. The third kappa shape index (κ3) is 12.2. The van der Waals surface area contributed by atoms with E-state index in [9.17, 15) is 0 Å². The van der Waals surface area contributed by atoms with Crippen LogP contribution in [-0.4, -0.2) is 77.1 Å². The van der Waals surface area contributed by atoms with E-state index in [1.807, 2.05) is 24.3 Å². The van der Waals surface area contributed by atoms with Gasteiger partial charge in [0.2, 0.25) is 50.2 Å². The predicted molar refractivity (Wildman–Crippen MR) is 342 cm³/mol. The second kappa shape index (κ2) is 27.9. The smallest absolute Gasteiger partial charge is 0.231 e. The van der Waals surface area contributed by atoms with E-state index in [-0.39, 0.29) is 77.1 Å². The van der Waals surface area contributed by atoms with Gasteiger partial charge < -0.3 is 56.8 Å². The van der Waals surface area contributed by atoms with Gasteiger partial charge in [0.15, 0.2) is 46.0 Å². The van der Waals surface area contributed by atoms with Gasteiger partial charge >= 0.3 is 0 Å².